The van der Waals surface area contributed by atoms with Gasteiger partial charge < -0.3 is 37.3 Å². The number of nitrogens with zero attached hydrogens (tertiary/aromatic N) is 4. The number of carboxylic acids is 1. The van der Waals surface area contributed by atoms with Crippen LogP contribution in [0.1, 0.15) is 36.8 Å². The highest BCUT2D eigenvalue weighted by Gasteiger charge is 2.37. The highest BCUT2D eigenvalue weighted by atomic mass is 16.6. The normalized spacial score (nSPS) is 14.9. The van der Waals surface area contributed by atoms with E-state index in [1.54, 1.807) is 48.5 Å². The van der Waals surface area contributed by atoms with Crippen molar-refractivity contribution in [1.82, 2.24) is 20.9 Å². The van der Waals surface area contributed by atoms with Crippen LogP contribution in [0.2, 0.25) is 0 Å². The number of hydrogen-bond acceptors (Lipinski definition) is 9. The van der Waals surface area contributed by atoms with E-state index in [1.807, 2.05) is 36.4 Å². The van der Waals surface area contributed by atoms with Gasteiger partial charge in [-0.3, -0.25) is 24.3 Å². The Bertz CT molecular complexity index is 1720. The largest absolute Gasteiger partial charge is 0.480 e. The number of hydrogen-bond donors (Lipinski definition) is 6. The van der Waals surface area contributed by atoms with E-state index >= 15 is 0 Å². The van der Waals surface area contributed by atoms with Crippen LogP contribution in [0.15, 0.2) is 100 Å². The summed E-state index contributed by atoms with van der Waals surface area (Å²) in [6.07, 6.45) is 0.713. The third kappa shape index (κ3) is 12.5. The number of amides is 4. The number of nitrogens with one attached hydrogen (secondary N) is 3. The molecule has 0 bridgehead atoms. The lowest BCUT2D eigenvalue weighted by atomic mass is 10.0. The molecule has 4 rings (SSSR count). The number of azo groups is 1. The number of carbonyl (C=O) groups excluding carboxylic acids is 4. The molecule has 0 spiro atoms. The maximum atomic E-state index is 13.5. The number of carboxylic acid groups (broad SMARTS) is 1. The first-order valence-electron chi connectivity index (χ1n) is 16.8. The Morgan fingerprint density at radius 2 is 1.50 bits per heavy atom. The molecule has 16 heteroatoms. The highest BCUT2D eigenvalue weighted by molar-refractivity contribution is 5.93. The van der Waals surface area contributed by atoms with Crippen molar-refractivity contribution in [2.75, 3.05) is 19.6 Å². The first-order valence-corrected chi connectivity index (χ1v) is 16.8. The highest BCUT2D eigenvalue weighted by Crippen LogP contribution is 2.21. The molecule has 4 amide bonds. The fourth-order valence-electron chi connectivity index (χ4n) is 5.38. The second kappa shape index (κ2) is 19.8. The fourth-order valence-corrected chi connectivity index (χ4v) is 5.38. The van der Waals surface area contributed by atoms with Crippen LogP contribution in [0.25, 0.3) is 0 Å². The van der Waals surface area contributed by atoms with E-state index in [0.29, 0.717) is 31.5 Å². The number of aliphatic imine (C=N–C) groups is 1. The molecule has 3 atom stereocenters. The van der Waals surface area contributed by atoms with E-state index in [-0.39, 0.29) is 32.0 Å². The van der Waals surface area contributed by atoms with Gasteiger partial charge in [0.1, 0.15) is 24.7 Å². The molecule has 1 aliphatic rings. The van der Waals surface area contributed by atoms with Crippen molar-refractivity contribution in [3.63, 3.8) is 0 Å². The zero-order valence-electron chi connectivity index (χ0n) is 28.5. The molecule has 0 radical (unpaired) electrons. The molecule has 1 saturated heterocycles. The van der Waals surface area contributed by atoms with Crippen LogP contribution in [0, 0.1) is 0 Å². The van der Waals surface area contributed by atoms with Gasteiger partial charge in [-0.05, 0) is 61.1 Å². The van der Waals surface area contributed by atoms with Gasteiger partial charge in [0.05, 0.1) is 17.9 Å². The topological polar surface area (TPSA) is 243 Å². The summed E-state index contributed by atoms with van der Waals surface area (Å²) < 4.78 is 5.53. The summed E-state index contributed by atoms with van der Waals surface area (Å²) in [5.74, 6) is -3.32. The fraction of sp³-hybridized carbons (Fsp3) is 0.333. The van der Waals surface area contributed by atoms with Gasteiger partial charge in [0.15, 0.2) is 5.96 Å². The Morgan fingerprint density at radius 1 is 0.846 bits per heavy atom. The van der Waals surface area contributed by atoms with Crippen LogP contribution in [0.3, 0.4) is 0 Å². The van der Waals surface area contributed by atoms with Crippen molar-refractivity contribution in [1.29, 1.82) is 0 Å². The molecule has 1 fully saturated rings. The molecular formula is C36H43N9O7. The number of guanidine groups is 1. The summed E-state index contributed by atoms with van der Waals surface area (Å²) in [6.45, 7) is -0.0775. The molecule has 8 N–H and O–H groups in total. The molecule has 1 aliphatic heterocycles. The van der Waals surface area contributed by atoms with E-state index in [2.05, 4.69) is 31.2 Å². The van der Waals surface area contributed by atoms with Gasteiger partial charge in [0, 0.05) is 19.5 Å². The number of nitrogens with two attached hydrogens (primary N) is 2. The van der Waals surface area contributed by atoms with E-state index in [4.69, 9.17) is 16.2 Å². The SMILES string of the molecule is NC(N)=NCCC[C@@H](NC(=O)CNC(=O)[C@H](Cc1ccccc1)NC(=O)[C@@H]1CCCN1C(=O)OCc1ccc(N=Nc2ccccc2)cc1)C(=O)O. The minimum atomic E-state index is -1.25. The number of ether oxygens (including phenoxy) is 1. The van der Waals surface area contributed by atoms with E-state index < -0.39 is 54.5 Å². The number of benzene rings is 3. The average molecular weight is 714 g/mol. The first-order chi connectivity index (χ1) is 25.1. The lowest BCUT2D eigenvalue weighted by molar-refractivity contribution is -0.142. The third-order valence-electron chi connectivity index (χ3n) is 8.04. The monoisotopic (exact) mass is 713 g/mol. The van der Waals surface area contributed by atoms with E-state index in [9.17, 15) is 29.1 Å². The predicted octanol–water partition coefficient (Wildman–Crippen LogP) is 2.67. The van der Waals surface area contributed by atoms with Gasteiger partial charge in [-0.25, -0.2) is 9.59 Å². The van der Waals surface area contributed by atoms with Crippen molar-refractivity contribution in [2.45, 2.75) is 56.8 Å². The first kappa shape index (κ1) is 38.5. The van der Waals surface area contributed by atoms with Crippen molar-refractivity contribution in [3.05, 3.63) is 96.1 Å². The van der Waals surface area contributed by atoms with Crippen LogP contribution in [0.5, 0.6) is 0 Å². The molecule has 1 heterocycles. The molecule has 0 aliphatic carbocycles. The molecular weight excluding hydrogens is 670 g/mol. The number of carbonyl (C=O) groups is 5. The van der Waals surface area contributed by atoms with Gasteiger partial charge in [0.25, 0.3) is 0 Å². The van der Waals surface area contributed by atoms with Crippen LogP contribution in [-0.4, -0.2) is 83.5 Å². The molecule has 0 saturated carbocycles. The summed E-state index contributed by atoms with van der Waals surface area (Å²) in [4.78, 5) is 69.3. The van der Waals surface area contributed by atoms with E-state index in [1.165, 1.54) is 4.90 Å². The number of rotatable bonds is 17. The van der Waals surface area contributed by atoms with E-state index in [0.717, 1.165) is 16.8 Å². The summed E-state index contributed by atoms with van der Waals surface area (Å²) in [5.41, 5.74) is 13.4. The maximum Gasteiger partial charge on any atom is 0.410 e. The Balaban J connectivity index is 1.32. The zero-order chi connectivity index (χ0) is 37.3. The number of likely N-dealkylation sites (tertiary alicyclic amines) is 1. The van der Waals surface area contributed by atoms with Crippen molar-refractivity contribution >= 4 is 47.1 Å². The Kier molecular flexibility index (Phi) is 14.6. The lowest BCUT2D eigenvalue weighted by Gasteiger charge is -2.26. The van der Waals surface area contributed by atoms with Gasteiger partial charge >= 0.3 is 12.1 Å². The summed E-state index contributed by atoms with van der Waals surface area (Å²) >= 11 is 0. The van der Waals surface area contributed by atoms with Gasteiger partial charge in [-0.1, -0.05) is 60.7 Å². The molecule has 0 aromatic heterocycles. The molecule has 0 unspecified atom stereocenters. The molecule has 16 nitrogen and oxygen atoms in total. The lowest BCUT2D eigenvalue weighted by Crippen LogP contribution is -2.55. The van der Waals surface area contributed by atoms with Gasteiger partial charge in [0.2, 0.25) is 17.7 Å². The molecule has 3 aromatic carbocycles. The molecule has 52 heavy (non-hydrogen) atoms. The molecule has 274 valence electrons. The Labute approximate surface area is 300 Å². The summed E-state index contributed by atoms with van der Waals surface area (Å²) in [6, 6.07) is 22.1. The summed E-state index contributed by atoms with van der Waals surface area (Å²) in [7, 11) is 0. The van der Waals surface area contributed by atoms with Gasteiger partial charge in [-0.2, -0.15) is 10.2 Å². The van der Waals surface area contributed by atoms with Crippen LogP contribution in [0.4, 0.5) is 16.2 Å². The maximum absolute atomic E-state index is 13.5. The second-order valence-corrected chi connectivity index (χ2v) is 12.0. The number of aliphatic carboxylic acids is 1. The molecule has 3 aromatic rings. The minimum absolute atomic E-state index is 0.0279. The van der Waals surface area contributed by atoms with Crippen molar-refractivity contribution in [3.8, 4) is 0 Å². The average Bonchev–Trinajstić information content (AvgIpc) is 3.65. The van der Waals surface area contributed by atoms with Crippen molar-refractivity contribution < 1.29 is 33.8 Å². The second-order valence-electron chi connectivity index (χ2n) is 12.0. The van der Waals surface area contributed by atoms with Gasteiger partial charge in [-0.15, -0.1) is 0 Å². The summed E-state index contributed by atoms with van der Waals surface area (Å²) in [5, 5.41) is 25.5. The van der Waals surface area contributed by atoms with Crippen LogP contribution in [-0.2, 0) is 36.9 Å². The zero-order valence-corrected chi connectivity index (χ0v) is 28.5. The Morgan fingerprint density at radius 3 is 2.15 bits per heavy atom. The standard InChI is InChI=1S/C36H43N9O7/c37-35(38)39-19-7-13-28(34(49)50)41-31(46)22-40-32(47)29(21-24-9-3-1-4-10-24)42-33(48)30-14-8-20-45(30)36(51)52-23-25-15-17-27(18-16-25)44-43-26-11-5-2-6-12-26/h1-6,9-12,15-18,28-30H,7-8,13-14,19-23H2,(H,40,47)(H,41,46)(H,42,48)(H,49,50)(H4,37,38,39)/t28-,29+,30+/m1/s1. The minimum Gasteiger partial charge on any atom is -0.480 e. The quantitative estimate of drug-likeness (QED) is 0.0521. The predicted molar refractivity (Wildman–Crippen MR) is 192 cm³/mol. The Hall–Kier alpha value is -6.32. The van der Waals surface area contributed by atoms with Crippen molar-refractivity contribution in [2.24, 2.45) is 26.7 Å². The van der Waals surface area contributed by atoms with Crippen LogP contribution < -0.4 is 27.4 Å². The smallest absolute Gasteiger partial charge is 0.410 e. The van der Waals surface area contributed by atoms with Crippen LogP contribution >= 0.6 is 0 Å². The third-order valence-corrected chi connectivity index (χ3v) is 8.04.